The molecule has 2 aromatic rings. The number of benzene rings is 2. The minimum absolute atomic E-state index is 0.0365. The number of nitrogens with one attached hydrogen (secondary N) is 1. The van der Waals surface area contributed by atoms with Gasteiger partial charge in [-0.25, -0.2) is 0 Å². The third-order valence-corrected chi connectivity index (χ3v) is 6.03. The summed E-state index contributed by atoms with van der Waals surface area (Å²) in [6, 6.07) is 9.43. The number of nitro groups is 1. The number of fused-ring (bicyclic) bond motifs is 5. The normalized spacial score (nSPS) is 20.3. The van der Waals surface area contributed by atoms with E-state index in [0.717, 1.165) is 22.5 Å². The Morgan fingerprint density at radius 2 is 1.94 bits per heavy atom. The Hall–Kier alpha value is -3.30. The average Bonchev–Trinajstić information content (AvgIpc) is 2.81. The zero-order valence-electron chi connectivity index (χ0n) is 16.9. The molecule has 31 heavy (non-hydrogen) atoms. The first-order valence-electron chi connectivity index (χ1n) is 9.84. The number of non-ortho nitro benzene ring substituents is 1. The van der Waals surface area contributed by atoms with E-state index in [1.54, 1.807) is 6.07 Å². The summed E-state index contributed by atoms with van der Waals surface area (Å²) in [5, 5.41) is 13.5. The molecule has 7 nitrogen and oxygen atoms in total. The number of hydrogen-bond donors (Lipinski definition) is 1. The van der Waals surface area contributed by atoms with Crippen LogP contribution in [0.15, 0.2) is 36.4 Å². The molecule has 10 heteroatoms. The van der Waals surface area contributed by atoms with Crippen LogP contribution >= 0.6 is 0 Å². The summed E-state index contributed by atoms with van der Waals surface area (Å²) in [7, 11) is 1.82. The number of rotatable bonds is 2. The Bertz CT molecular complexity index is 1060. The van der Waals surface area contributed by atoms with E-state index in [1.807, 2.05) is 37.1 Å². The van der Waals surface area contributed by atoms with E-state index >= 15 is 0 Å². The predicted octanol–water partition coefficient (Wildman–Crippen LogP) is 4.37. The Morgan fingerprint density at radius 3 is 2.61 bits per heavy atom. The highest BCUT2D eigenvalue weighted by molar-refractivity contribution is 5.84. The number of piperidine rings is 1. The van der Waals surface area contributed by atoms with Gasteiger partial charge < -0.3 is 15.1 Å². The molecule has 1 amide bonds. The van der Waals surface area contributed by atoms with Crippen molar-refractivity contribution < 1.29 is 22.9 Å². The van der Waals surface area contributed by atoms with E-state index < -0.39 is 23.0 Å². The first-order chi connectivity index (χ1) is 14.6. The van der Waals surface area contributed by atoms with Gasteiger partial charge >= 0.3 is 12.1 Å². The molecule has 0 saturated carbocycles. The van der Waals surface area contributed by atoms with Gasteiger partial charge in [0.1, 0.15) is 0 Å². The zero-order valence-corrected chi connectivity index (χ0v) is 16.9. The van der Waals surface area contributed by atoms with Crippen molar-refractivity contribution in [3.63, 3.8) is 0 Å². The number of carbonyl (C=O) groups is 1. The first kappa shape index (κ1) is 21.0. The summed E-state index contributed by atoms with van der Waals surface area (Å²) < 4.78 is 38.3. The second-order valence-electron chi connectivity index (χ2n) is 7.90. The van der Waals surface area contributed by atoms with Crippen LogP contribution in [0.1, 0.15) is 30.0 Å². The summed E-state index contributed by atoms with van der Waals surface area (Å²) in [6.45, 7) is 2.33. The van der Waals surface area contributed by atoms with Gasteiger partial charge in [0.15, 0.2) is 0 Å². The molecule has 4 rings (SSSR count). The number of aryl methyl sites for hydroxylation is 1. The van der Waals surface area contributed by atoms with Gasteiger partial charge in [0.2, 0.25) is 0 Å². The predicted molar refractivity (Wildman–Crippen MR) is 110 cm³/mol. The van der Waals surface area contributed by atoms with Gasteiger partial charge in [-0.1, -0.05) is 12.1 Å². The minimum Gasteiger partial charge on any atom is -0.363 e. The third-order valence-electron chi connectivity index (χ3n) is 6.03. The molecule has 0 spiro atoms. The zero-order chi connectivity index (χ0) is 22.5. The monoisotopic (exact) mass is 434 g/mol. The van der Waals surface area contributed by atoms with Gasteiger partial charge in [0.05, 0.1) is 22.3 Å². The van der Waals surface area contributed by atoms with Crippen LogP contribution < -0.4 is 15.1 Å². The first-order valence-corrected chi connectivity index (χ1v) is 9.84. The highest BCUT2D eigenvalue weighted by atomic mass is 19.4. The summed E-state index contributed by atoms with van der Waals surface area (Å²) in [6.07, 6.45) is -4.30. The van der Waals surface area contributed by atoms with E-state index in [9.17, 15) is 28.1 Å². The Kier molecular flexibility index (Phi) is 5.03. The third kappa shape index (κ3) is 3.66. The van der Waals surface area contributed by atoms with E-state index in [0.29, 0.717) is 25.1 Å². The van der Waals surface area contributed by atoms with Gasteiger partial charge in [0.25, 0.3) is 5.69 Å². The van der Waals surface area contributed by atoms with Crippen molar-refractivity contribution in [1.29, 1.82) is 0 Å². The van der Waals surface area contributed by atoms with Gasteiger partial charge in [-0.2, -0.15) is 13.2 Å². The number of amides is 1. The molecule has 0 bridgehead atoms. The van der Waals surface area contributed by atoms with Crippen LogP contribution in [-0.2, 0) is 4.79 Å². The van der Waals surface area contributed by atoms with Crippen LogP contribution in [0.25, 0.3) is 0 Å². The van der Waals surface area contributed by atoms with Gasteiger partial charge in [-0.05, 0) is 37.5 Å². The molecule has 1 fully saturated rings. The maximum Gasteiger partial charge on any atom is 0.471 e. The highest BCUT2D eigenvalue weighted by Crippen LogP contribution is 2.49. The van der Waals surface area contributed by atoms with Crippen LogP contribution in [0.5, 0.6) is 0 Å². The second-order valence-corrected chi connectivity index (χ2v) is 7.90. The van der Waals surface area contributed by atoms with Crippen molar-refractivity contribution in [2.75, 3.05) is 23.4 Å². The van der Waals surface area contributed by atoms with Crippen molar-refractivity contribution in [2.45, 2.75) is 38.0 Å². The molecule has 164 valence electrons. The van der Waals surface area contributed by atoms with Crippen LogP contribution in [0.2, 0.25) is 0 Å². The smallest absolute Gasteiger partial charge is 0.363 e. The summed E-state index contributed by atoms with van der Waals surface area (Å²) in [5.41, 5.74) is 4.12. The van der Waals surface area contributed by atoms with Crippen molar-refractivity contribution in [3.8, 4) is 0 Å². The van der Waals surface area contributed by atoms with Gasteiger partial charge in [-0.15, -0.1) is 0 Å². The minimum atomic E-state index is -4.93. The summed E-state index contributed by atoms with van der Waals surface area (Å²) in [5.74, 6) is -1.93. The van der Waals surface area contributed by atoms with Gasteiger partial charge in [-0.3, -0.25) is 14.9 Å². The highest BCUT2D eigenvalue weighted by Gasteiger charge is 2.42. The molecule has 0 aromatic heterocycles. The fourth-order valence-electron chi connectivity index (χ4n) is 4.58. The van der Waals surface area contributed by atoms with E-state index in [-0.39, 0.29) is 11.7 Å². The molecular formula is C21H21F3N4O3. The van der Waals surface area contributed by atoms with E-state index in [2.05, 4.69) is 10.2 Å². The molecular weight excluding hydrogens is 413 g/mol. The van der Waals surface area contributed by atoms with E-state index in [4.69, 9.17) is 0 Å². The number of anilines is 3. The molecule has 2 aliphatic heterocycles. The quantitative estimate of drug-likeness (QED) is 0.561. The fraction of sp³-hybridized carbons (Fsp3) is 0.381. The number of hydrogen-bond acceptors (Lipinski definition) is 5. The molecule has 2 heterocycles. The summed E-state index contributed by atoms with van der Waals surface area (Å²) in [4.78, 5) is 26.3. The molecule has 2 atom stereocenters. The standard InChI is InChI=1S/C21H21F3N4O3/c1-12-4-3-5-16-19(12)18-10-13(25-20(29)21(22,23)24)8-9-27(18)15-7-6-14(28(30)31)11-17(15)26(16)2/h3-7,11,13,18H,8-10H2,1-2H3,(H,25,29)/t13-,18-/m0/s1. The average molecular weight is 434 g/mol. The maximum atomic E-state index is 12.8. The lowest BCUT2D eigenvalue weighted by Gasteiger charge is -2.41. The molecule has 0 aliphatic carbocycles. The fourth-order valence-corrected chi connectivity index (χ4v) is 4.58. The van der Waals surface area contributed by atoms with Gasteiger partial charge in [0, 0.05) is 43.0 Å². The lowest BCUT2D eigenvalue weighted by atomic mass is 9.88. The van der Waals surface area contributed by atoms with E-state index in [1.165, 1.54) is 12.1 Å². The molecule has 2 aliphatic rings. The number of halogens is 3. The van der Waals surface area contributed by atoms with Crippen LogP contribution in [0.3, 0.4) is 0 Å². The van der Waals surface area contributed by atoms with Crippen molar-refractivity contribution >= 4 is 28.7 Å². The SMILES string of the molecule is Cc1cccc2c1[C@@H]1C[C@@H](NC(=O)C(F)(F)F)CCN1c1ccc([N+](=O)[O-])cc1N2C. The molecule has 1 saturated heterocycles. The molecule has 0 unspecified atom stereocenters. The molecule has 2 aromatic carbocycles. The maximum absolute atomic E-state index is 12.8. The number of nitrogens with zero attached hydrogens (tertiary/aromatic N) is 3. The Balaban J connectivity index is 1.79. The van der Waals surface area contributed by atoms with Crippen molar-refractivity contribution in [1.82, 2.24) is 5.32 Å². The number of carbonyl (C=O) groups excluding carboxylic acids is 1. The lowest BCUT2D eigenvalue weighted by Crippen LogP contribution is -2.49. The molecule has 1 N–H and O–H groups in total. The number of nitro benzene ring substituents is 1. The Labute approximate surface area is 176 Å². The summed E-state index contributed by atoms with van der Waals surface area (Å²) >= 11 is 0. The van der Waals surface area contributed by atoms with Crippen LogP contribution in [-0.4, -0.2) is 36.6 Å². The largest absolute Gasteiger partial charge is 0.471 e. The Morgan fingerprint density at radius 1 is 1.19 bits per heavy atom. The van der Waals surface area contributed by atoms with Crippen LogP contribution in [0, 0.1) is 17.0 Å². The second kappa shape index (κ2) is 7.44. The topological polar surface area (TPSA) is 78.7 Å². The van der Waals surface area contributed by atoms with Crippen molar-refractivity contribution in [2.24, 2.45) is 0 Å². The van der Waals surface area contributed by atoms with Crippen molar-refractivity contribution in [3.05, 3.63) is 57.6 Å². The lowest BCUT2D eigenvalue weighted by molar-refractivity contribution is -0.384. The van der Waals surface area contributed by atoms with Crippen LogP contribution in [0.4, 0.5) is 35.9 Å². The number of alkyl halides is 3. The molecule has 0 radical (unpaired) electrons.